The first-order chi connectivity index (χ1) is 11.1. The van der Waals surface area contributed by atoms with Crippen LogP contribution >= 0.6 is 0 Å². The number of halogens is 1. The highest BCUT2D eigenvalue weighted by atomic mass is 19.1. The van der Waals surface area contributed by atoms with Crippen LogP contribution in [0, 0.1) is 0 Å². The number of carbonyl (C=O) groups is 1. The molecule has 0 aromatic heterocycles. The Morgan fingerprint density at radius 1 is 1.17 bits per heavy atom. The molecule has 1 heterocycles. The predicted molar refractivity (Wildman–Crippen MR) is 86.9 cm³/mol. The summed E-state index contributed by atoms with van der Waals surface area (Å²) < 4.78 is 13.3. The second-order valence-electron chi connectivity index (χ2n) is 6.19. The van der Waals surface area contributed by atoms with Gasteiger partial charge in [-0.1, -0.05) is 37.3 Å². The van der Waals surface area contributed by atoms with Gasteiger partial charge in [-0.25, -0.2) is 4.39 Å². The third-order valence-corrected chi connectivity index (χ3v) is 4.70. The fraction of sp³-hybridized carbons (Fsp3) is 0.611. The average molecular weight is 323 g/mol. The summed E-state index contributed by atoms with van der Waals surface area (Å²) >= 11 is 0. The molecular formula is C18H26FNO3. The molecule has 128 valence electrons. The van der Waals surface area contributed by atoms with E-state index < -0.39 is 31.0 Å². The first-order valence-electron chi connectivity index (χ1n) is 8.32. The first-order valence-corrected chi connectivity index (χ1v) is 8.32. The highest BCUT2D eigenvalue weighted by Crippen LogP contribution is 2.28. The lowest BCUT2D eigenvalue weighted by Crippen LogP contribution is -2.42. The van der Waals surface area contributed by atoms with Gasteiger partial charge in [-0.3, -0.25) is 9.69 Å². The minimum Gasteiger partial charge on any atom is -0.389 e. The van der Waals surface area contributed by atoms with Gasteiger partial charge in [0.25, 0.3) is 0 Å². The molecule has 0 saturated carbocycles. The summed E-state index contributed by atoms with van der Waals surface area (Å²) in [5, 5.41) is 20.2. The second kappa shape index (κ2) is 8.52. The predicted octanol–water partition coefficient (Wildman–Crippen LogP) is 1.73. The van der Waals surface area contributed by atoms with E-state index in [2.05, 4.69) is 0 Å². The molecule has 5 heteroatoms. The Labute approximate surface area is 136 Å². The zero-order chi connectivity index (χ0) is 16.8. The van der Waals surface area contributed by atoms with Crippen molar-refractivity contribution in [2.75, 3.05) is 13.2 Å². The van der Waals surface area contributed by atoms with Gasteiger partial charge in [-0.2, -0.15) is 0 Å². The zero-order valence-corrected chi connectivity index (χ0v) is 13.6. The van der Waals surface area contributed by atoms with E-state index in [0.29, 0.717) is 13.0 Å². The standard InChI is InChI=1S/C18H26FNO3/c1-2-14(21)11-15-17(22)18(23)16(12-19)20(15)10-6-9-13-7-4-3-5-8-13/h3-5,7-8,15-18,22-23H,2,6,9-12H2,1H3/t15-,16-,17-,18-/m1/s1. The number of aryl methyl sites for hydroxylation is 1. The van der Waals surface area contributed by atoms with Crippen LogP contribution in [0.1, 0.15) is 31.7 Å². The molecule has 1 aromatic carbocycles. The molecule has 4 atom stereocenters. The Kier molecular flexibility index (Phi) is 6.69. The number of Topliss-reactive ketones (excluding diaryl/α,β-unsaturated/α-hetero) is 1. The van der Waals surface area contributed by atoms with E-state index in [1.807, 2.05) is 30.3 Å². The summed E-state index contributed by atoms with van der Waals surface area (Å²) in [5.74, 6) is 0.0221. The van der Waals surface area contributed by atoms with Gasteiger partial charge in [0.1, 0.15) is 12.5 Å². The second-order valence-corrected chi connectivity index (χ2v) is 6.19. The molecule has 1 aliphatic rings. The van der Waals surface area contributed by atoms with Crippen molar-refractivity contribution in [1.29, 1.82) is 0 Å². The van der Waals surface area contributed by atoms with Crippen molar-refractivity contribution in [3.63, 3.8) is 0 Å². The maximum atomic E-state index is 13.3. The summed E-state index contributed by atoms with van der Waals surface area (Å²) in [7, 11) is 0. The number of ketones is 1. The van der Waals surface area contributed by atoms with Gasteiger partial charge in [0, 0.05) is 18.9 Å². The van der Waals surface area contributed by atoms with Gasteiger partial charge in [0.05, 0.1) is 18.2 Å². The third kappa shape index (κ3) is 4.37. The minimum atomic E-state index is -1.13. The van der Waals surface area contributed by atoms with Crippen LogP contribution in [0.4, 0.5) is 4.39 Å². The lowest BCUT2D eigenvalue weighted by Gasteiger charge is -2.28. The van der Waals surface area contributed by atoms with Crippen LogP contribution in [0.15, 0.2) is 30.3 Å². The largest absolute Gasteiger partial charge is 0.389 e. The van der Waals surface area contributed by atoms with Gasteiger partial charge in [-0.05, 0) is 24.9 Å². The highest BCUT2D eigenvalue weighted by Gasteiger charge is 2.47. The number of aliphatic hydroxyl groups is 2. The van der Waals surface area contributed by atoms with E-state index in [9.17, 15) is 19.4 Å². The van der Waals surface area contributed by atoms with Gasteiger partial charge in [0.15, 0.2) is 0 Å². The molecule has 1 saturated heterocycles. The van der Waals surface area contributed by atoms with Crippen LogP contribution in [0.2, 0.25) is 0 Å². The Morgan fingerprint density at radius 3 is 2.43 bits per heavy atom. The van der Waals surface area contributed by atoms with E-state index in [0.717, 1.165) is 12.8 Å². The van der Waals surface area contributed by atoms with Crippen molar-refractivity contribution in [2.24, 2.45) is 0 Å². The number of carbonyl (C=O) groups excluding carboxylic acids is 1. The molecule has 0 unspecified atom stereocenters. The smallest absolute Gasteiger partial charge is 0.134 e. The molecule has 0 bridgehead atoms. The molecular weight excluding hydrogens is 297 g/mol. The van der Waals surface area contributed by atoms with E-state index in [1.165, 1.54) is 5.56 Å². The Hall–Kier alpha value is -1.30. The van der Waals surface area contributed by atoms with E-state index in [4.69, 9.17) is 0 Å². The van der Waals surface area contributed by atoms with Crippen molar-refractivity contribution in [1.82, 2.24) is 4.90 Å². The van der Waals surface area contributed by atoms with E-state index in [-0.39, 0.29) is 12.2 Å². The van der Waals surface area contributed by atoms with E-state index in [1.54, 1.807) is 11.8 Å². The summed E-state index contributed by atoms with van der Waals surface area (Å²) in [4.78, 5) is 13.5. The summed E-state index contributed by atoms with van der Waals surface area (Å²) in [6.45, 7) is 1.60. The fourth-order valence-electron chi connectivity index (χ4n) is 3.33. The van der Waals surface area contributed by atoms with Crippen LogP contribution in [0.25, 0.3) is 0 Å². The van der Waals surface area contributed by atoms with Crippen molar-refractivity contribution >= 4 is 5.78 Å². The minimum absolute atomic E-state index is 0.0221. The number of rotatable bonds is 8. The van der Waals surface area contributed by atoms with Crippen LogP contribution in [0.5, 0.6) is 0 Å². The molecule has 0 spiro atoms. The average Bonchev–Trinajstić information content (AvgIpc) is 2.80. The Balaban J connectivity index is 2.00. The maximum Gasteiger partial charge on any atom is 0.134 e. The topological polar surface area (TPSA) is 60.8 Å². The normalized spacial score (nSPS) is 28.2. The summed E-state index contributed by atoms with van der Waals surface area (Å²) in [6, 6.07) is 8.78. The van der Waals surface area contributed by atoms with Gasteiger partial charge >= 0.3 is 0 Å². The number of likely N-dealkylation sites (tertiary alicyclic amines) is 1. The molecule has 1 fully saturated rings. The fourth-order valence-corrected chi connectivity index (χ4v) is 3.33. The van der Waals surface area contributed by atoms with Gasteiger partial charge in [0.2, 0.25) is 0 Å². The molecule has 0 aliphatic carbocycles. The lowest BCUT2D eigenvalue weighted by molar-refractivity contribution is -0.120. The molecule has 1 aromatic rings. The maximum absolute atomic E-state index is 13.3. The monoisotopic (exact) mass is 323 g/mol. The van der Waals surface area contributed by atoms with Gasteiger partial charge in [-0.15, -0.1) is 0 Å². The number of hydrogen-bond donors (Lipinski definition) is 2. The highest BCUT2D eigenvalue weighted by molar-refractivity contribution is 5.78. The van der Waals surface area contributed by atoms with E-state index >= 15 is 0 Å². The van der Waals surface area contributed by atoms with Crippen molar-refractivity contribution in [2.45, 2.75) is 56.9 Å². The molecule has 1 aliphatic heterocycles. The quantitative estimate of drug-likeness (QED) is 0.765. The molecule has 2 N–H and O–H groups in total. The number of hydrogen-bond acceptors (Lipinski definition) is 4. The molecule has 4 nitrogen and oxygen atoms in total. The Morgan fingerprint density at radius 2 is 1.83 bits per heavy atom. The third-order valence-electron chi connectivity index (χ3n) is 4.70. The summed E-state index contributed by atoms with van der Waals surface area (Å²) in [5.41, 5.74) is 1.20. The zero-order valence-electron chi connectivity index (χ0n) is 13.6. The molecule has 0 radical (unpaired) electrons. The molecule has 0 amide bonds. The summed E-state index contributed by atoms with van der Waals surface area (Å²) in [6.07, 6.45) is -0.0174. The Bertz CT molecular complexity index is 496. The first kappa shape index (κ1) is 18.0. The van der Waals surface area contributed by atoms with Crippen LogP contribution in [0.3, 0.4) is 0 Å². The SMILES string of the molecule is CCC(=O)C[C@@H]1[C@@H](O)[C@H](O)[C@@H](CF)N1CCCc1ccccc1. The number of aliphatic hydroxyl groups excluding tert-OH is 2. The number of alkyl halides is 1. The molecule has 2 rings (SSSR count). The van der Waals surface area contributed by atoms with Crippen molar-refractivity contribution < 1.29 is 19.4 Å². The van der Waals surface area contributed by atoms with Crippen LogP contribution in [-0.4, -0.2) is 58.4 Å². The molecule has 23 heavy (non-hydrogen) atoms. The number of benzene rings is 1. The van der Waals surface area contributed by atoms with Crippen molar-refractivity contribution in [3.05, 3.63) is 35.9 Å². The van der Waals surface area contributed by atoms with Crippen LogP contribution in [-0.2, 0) is 11.2 Å². The van der Waals surface area contributed by atoms with Gasteiger partial charge < -0.3 is 10.2 Å². The number of nitrogens with zero attached hydrogens (tertiary/aromatic N) is 1. The van der Waals surface area contributed by atoms with Crippen molar-refractivity contribution in [3.8, 4) is 0 Å². The van der Waals surface area contributed by atoms with Crippen LogP contribution < -0.4 is 0 Å². The lowest BCUT2D eigenvalue weighted by atomic mass is 10.0.